The molecule has 1 aliphatic rings. The molecular formula is C15H14ClNO4S2. The number of thiazole rings is 1. The third-order valence-corrected chi connectivity index (χ3v) is 6.61. The Morgan fingerprint density at radius 3 is 2.87 bits per heavy atom. The van der Waals surface area contributed by atoms with Crippen LogP contribution in [0.5, 0.6) is 0 Å². The number of ether oxygens (including phenoxy) is 1. The zero-order valence-electron chi connectivity index (χ0n) is 12.1. The minimum absolute atomic E-state index is 0.0380. The Kier molecular flexibility index (Phi) is 4.70. The lowest BCUT2D eigenvalue weighted by atomic mass is 10.1. The van der Waals surface area contributed by atoms with Gasteiger partial charge in [-0.1, -0.05) is 29.8 Å². The highest BCUT2D eigenvalue weighted by molar-refractivity contribution is 7.91. The van der Waals surface area contributed by atoms with E-state index in [0.717, 1.165) is 10.6 Å². The molecule has 2 aromatic rings. The van der Waals surface area contributed by atoms with E-state index in [4.69, 9.17) is 16.3 Å². The van der Waals surface area contributed by atoms with Gasteiger partial charge in [-0.2, -0.15) is 0 Å². The first-order valence-corrected chi connectivity index (χ1v) is 10.1. The van der Waals surface area contributed by atoms with Crippen molar-refractivity contribution in [1.29, 1.82) is 0 Å². The summed E-state index contributed by atoms with van der Waals surface area (Å²) in [5, 5.41) is 3.17. The summed E-state index contributed by atoms with van der Waals surface area (Å²) in [5.74, 6) is -1.09. The minimum atomic E-state index is -3.09. The average Bonchev–Trinajstić information content (AvgIpc) is 3.12. The first-order chi connectivity index (χ1) is 10.9. The van der Waals surface area contributed by atoms with Crippen LogP contribution in [0.1, 0.15) is 12.1 Å². The summed E-state index contributed by atoms with van der Waals surface area (Å²) in [5.41, 5.74) is 1.46. The number of carbonyl (C=O) groups is 1. The number of halogens is 1. The fourth-order valence-electron chi connectivity index (χ4n) is 2.38. The monoisotopic (exact) mass is 371 g/mol. The molecule has 0 saturated carbocycles. The zero-order valence-corrected chi connectivity index (χ0v) is 14.5. The molecule has 2 heterocycles. The lowest BCUT2D eigenvalue weighted by molar-refractivity contribution is -0.149. The summed E-state index contributed by atoms with van der Waals surface area (Å²) in [6.45, 7) is 0.0380. The van der Waals surface area contributed by atoms with Crippen LogP contribution in [0.3, 0.4) is 0 Å². The fraction of sp³-hybridized carbons (Fsp3) is 0.333. The summed E-state index contributed by atoms with van der Waals surface area (Å²) < 4.78 is 28.0. The van der Waals surface area contributed by atoms with Crippen molar-refractivity contribution < 1.29 is 17.9 Å². The number of hydrogen-bond acceptors (Lipinski definition) is 6. The highest BCUT2D eigenvalue weighted by Gasteiger charge is 2.34. The molecule has 23 heavy (non-hydrogen) atoms. The predicted octanol–water partition coefficient (Wildman–Crippen LogP) is 2.94. The number of nitrogens with zero attached hydrogens (tertiary/aromatic N) is 1. The van der Waals surface area contributed by atoms with Gasteiger partial charge in [0.05, 0.1) is 28.1 Å². The molecule has 0 spiro atoms. The molecule has 1 saturated heterocycles. The Balaban J connectivity index is 1.62. The summed E-state index contributed by atoms with van der Waals surface area (Å²) in [6.07, 6.45) is 0.336. The van der Waals surface area contributed by atoms with Crippen molar-refractivity contribution in [2.75, 3.05) is 11.5 Å². The maximum atomic E-state index is 11.9. The maximum Gasteiger partial charge on any atom is 0.310 e. The van der Waals surface area contributed by atoms with E-state index in [9.17, 15) is 13.2 Å². The first kappa shape index (κ1) is 16.4. The van der Waals surface area contributed by atoms with Crippen molar-refractivity contribution in [3.05, 3.63) is 40.4 Å². The molecular weight excluding hydrogens is 358 g/mol. The van der Waals surface area contributed by atoms with Crippen molar-refractivity contribution in [3.8, 4) is 10.6 Å². The van der Waals surface area contributed by atoms with E-state index in [0.29, 0.717) is 17.1 Å². The number of benzene rings is 1. The van der Waals surface area contributed by atoms with Gasteiger partial charge in [-0.15, -0.1) is 11.3 Å². The largest absolute Gasteiger partial charge is 0.459 e. The lowest BCUT2D eigenvalue weighted by Gasteiger charge is -2.07. The number of esters is 1. The molecule has 1 unspecified atom stereocenters. The molecule has 1 aromatic heterocycles. The van der Waals surface area contributed by atoms with Crippen molar-refractivity contribution in [2.24, 2.45) is 5.92 Å². The Morgan fingerprint density at radius 1 is 1.39 bits per heavy atom. The van der Waals surface area contributed by atoms with Gasteiger partial charge in [-0.25, -0.2) is 13.4 Å². The van der Waals surface area contributed by atoms with E-state index < -0.39 is 21.7 Å². The van der Waals surface area contributed by atoms with E-state index in [1.165, 1.54) is 11.3 Å². The Bertz CT molecular complexity index is 832. The molecule has 1 atom stereocenters. The van der Waals surface area contributed by atoms with Crippen LogP contribution in [-0.2, 0) is 26.0 Å². The van der Waals surface area contributed by atoms with Gasteiger partial charge in [0.25, 0.3) is 0 Å². The second-order valence-corrected chi connectivity index (χ2v) is 8.83. The maximum absolute atomic E-state index is 11.9. The molecule has 0 N–H and O–H groups in total. The number of hydrogen-bond donors (Lipinski definition) is 0. The van der Waals surface area contributed by atoms with E-state index in [1.54, 1.807) is 11.4 Å². The lowest BCUT2D eigenvalue weighted by Crippen LogP contribution is -2.18. The number of sulfone groups is 1. The third kappa shape index (κ3) is 3.91. The van der Waals surface area contributed by atoms with Crippen LogP contribution in [0.4, 0.5) is 0 Å². The standard InChI is InChI=1S/C15H14ClNO4S2/c16-13-4-2-1-3-12(13)14-17-11(8-22-14)7-21-15(18)10-5-6-23(19,20)9-10/h1-4,8,10H,5-7,9H2. The van der Waals surface area contributed by atoms with Crippen molar-refractivity contribution in [1.82, 2.24) is 4.98 Å². The Hall–Kier alpha value is -1.44. The van der Waals surface area contributed by atoms with E-state index >= 15 is 0 Å². The second-order valence-electron chi connectivity index (χ2n) is 5.33. The summed E-state index contributed by atoms with van der Waals surface area (Å²) in [7, 11) is -3.09. The molecule has 1 aliphatic heterocycles. The topological polar surface area (TPSA) is 73.3 Å². The fourth-order valence-corrected chi connectivity index (χ4v) is 5.23. The van der Waals surface area contributed by atoms with Crippen molar-refractivity contribution in [2.45, 2.75) is 13.0 Å². The van der Waals surface area contributed by atoms with Crippen LogP contribution < -0.4 is 0 Å². The quantitative estimate of drug-likeness (QED) is 0.772. The van der Waals surface area contributed by atoms with Gasteiger partial charge in [0.15, 0.2) is 9.84 Å². The number of aromatic nitrogens is 1. The van der Waals surface area contributed by atoms with E-state index in [2.05, 4.69) is 4.98 Å². The molecule has 0 aliphatic carbocycles. The van der Waals surface area contributed by atoms with E-state index in [-0.39, 0.29) is 18.1 Å². The predicted molar refractivity (Wildman–Crippen MR) is 89.1 cm³/mol. The van der Waals surface area contributed by atoms with Gasteiger partial charge in [0.2, 0.25) is 0 Å². The van der Waals surface area contributed by atoms with Gasteiger partial charge in [0.1, 0.15) is 11.6 Å². The van der Waals surface area contributed by atoms with Crippen LogP contribution in [0.2, 0.25) is 5.02 Å². The molecule has 0 amide bonds. The highest BCUT2D eigenvalue weighted by atomic mass is 35.5. The minimum Gasteiger partial charge on any atom is -0.459 e. The Labute approximate surface area is 143 Å². The van der Waals surface area contributed by atoms with Gasteiger partial charge in [-0.3, -0.25) is 4.79 Å². The molecule has 1 aromatic carbocycles. The van der Waals surface area contributed by atoms with Gasteiger partial charge < -0.3 is 4.74 Å². The molecule has 1 fully saturated rings. The second kappa shape index (κ2) is 6.59. The SMILES string of the molecule is O=C(OCc1csc(-c2ccccc2Cl)n1)C1CCS(=O)(=O)C1. The van der Waals surface area contributed by atoms with Gasteiger partial charge in [0, 0.05) is 10.9 Å². The molecule has 0 bridgehead atoms. The van der Waals surface area contributed by atoms with Gasteiger partial charge >= 0.3 is 5.97 Å². The van der Waals surface area contributed by atoms with Gasteiger partial charge in [-0.05, 0) is 12.5 Å². The van der Waals surface area contributed by atoms with E-state index in [1.807, 2.05) is 18.2 Å². The number of rotatable bonds is 4. The summed E-state index contributed by atoms with van der Waals surface area (Å²) >= 11 is 7.55. The molecule has 5 nitrogen and oxygen atoms in total. The van der Waals surface area contributed by atoms with Crippen LogP contribution in [0, 0.1) is 5.92 Å². The van der Waals surface area contributed by atoms with Crippen molar-refractivity contribution >= 4 is 38.7 Å². The third-order valence-electron chi connectivity index (χ3n) is 3.58. The zero-order chi connectivity index (χ0) is 16.4. The molecule has 8 heteroatoms. The smallest absolute Gasteiger partial charge is 0.310 e. The molecule has 0 radical (unpaired) electrons. The summed E-state index contributed by atoms with van der Waals surface area (Å²) in [4.78, 5) is 16.3. The first-order valence-electron chi connectivity index (χ1n) is 7.01. The molecule has 3 rings (SSSR count). The van der Waals surface area contributed by atoms with Crippen LogP contribution in [-0.4, -0.2) is 30.9 Å². The highest BCUT2D eigenvalue weighted by Crippen LogP contribution is 2.30. The normalized spacial score (nSPS) is 19.6. The Morgan fingerprint density at radius 2 is 2.17 bits per heavy atom. The van der Waals surface area contributed by atoms with Crippen LogP contribution >= 0.6 is 22.9 Å². The van der Waals surface area contributed by atoms with Crippen molar-refractivity contribution in [3.63, 3.8) is 0 Å². The van der Waals surface area contributed by atoms with Crippen LogP contribution in [0.25, 0.3) is 10.6 Å². The summed E-state index contributed by atoms with van der Waals surface area (Å²) in [6, 6.07) is 7.39. The van der Waals surface area contributed by atoms with Crippen LogP contribution in [0.15, 0.2) is 29.6 Å². The average molecular weight is 372 g/mol. The molecule has 122 valence electrons. The number of carbonyl (C=O) groups excluding carboxylic acids is 1.